The van der Waals surface area contributed by atoms with E-state index in [1.54, 1.807) is 6.07 Å². The Morgan fingerprint density at radius 2 is 2.43 bits per heavy atom. The van der Waals surface area contributed by atoms with E-state index in [0.717, 1.165) is 30.5 Å². The number of urea groups is 1. The number of methoxy groups -OCH3 is 1. The van der Waals surface area contributed by atoms with Gasteiger partial charge in [-0.05, 0) is 30.9 Å². The summed E-state index contributed by atoms with van der Waals surface area (Å²) in [6.45, 7) is 0. The predicted octanol–water partition coefficient (Wildman–Crippen LogP) is 0.887. The van der Waals surface area contributed by atoms with E-state index in [1.165, 1.54) is 13.3 Å². The van der Waals surface area contributed by atoms with Gasteiger partial charge in [0.1, 0.15) is 5.82 Å². The quantitative estimate of drug-likeness (QED) is 0.778. The number of hydrogen-bond acceptors (Lipinski definition) is 5. The fourth-order valence-electron chi connectivity index (χ4n) is 2.39. The first-order valence-corrected chi connectivity index (χ1v) is 6.70. The third-order valence-electron chi connectivity index (χ3n) is 3.41. The molecule has 0 bridgehead atoms. The molecule has 3 N–H and O–H groups in total. The van der Waals surface area contributed by atoms with Gasteiger partial charge in [0.2, 0.25) is 0 Å². The molecule has 1 atom stereocenters. The van der Waals surface area contributed by atoms with Crippen LogP contribution < -0.4 is 15.4 Å². The summed E-state index contributed by atoms with van der Waals surface area (Å²) in [6, 6.07) is 1.64. The summed E-state index contributed by atoms with van der Waals surface area (Å²) in [6.07, 6.45) is 5.90. The number of fused-ring (bicyclic) bond motifs is 1. The number of nitrogens with zero attached hydrogens (tertiary/aromatic N) is 3. The van der Waals surface area contributed by atoms with Gasteiger partial charge in [0.15, 0.2) is 0 Å². The molecule has 0 aliphatic heterocycles. The van der Waals surface area contributed by atoms with Gasteiger partial charge >= 0.3 is 12.0 Å². The van der Waals surface area contributed by atoms with Crippen molar-refractivity contribution in [3.63, 3.8) is 0 Å². The Balaban J connectivity index is 1.57. The number of hydrogen-bond donors (Lipinski definition) is 3. The molecule has 0 aromatic carbocycles. The molecule has 110 valence electrons. The third-order valence-corrected chi connectivity index (χ3v) is 3.41. The second-order valence-corrected chi connectivity index (χ2v) is 4.84. The van der Waals surface area contributed by atoms with Crippen LogP contribution >= 0.6 is 0 Å². The second kappa shape index (κ2) is 5.78. The molecular weight excluding hydrogens is 272 g/mol. The van der Waals surface area contributed by atoms with Crippen molar-refractivity contribution in [3.8, 4) is 6.01 Å². The third kappa shape index (κ3) is 3.10. The van der Waals surface area contributed by atoms with Crippen molar-refractivity contribution in [2.24, 2.45) is 0 Å². The van der Waals surface area contributed by atoms with Crippen molar-refractivity contribution >= 4 is 11.8 Å². The Hall–Kier alpha value is -2.64. The maximum absolute atomic E-state index is 12.0. The van der Waals surface area contributed by atoms with Crippen LogP contribution in [-0.4, -0.2) is 39.3 Å². The number of amides is 2. The van der Waals surface area contributed by atoms with E-state index in [0.29, 0.717) is 5.82 Å². The molecule has 2 heterocycles. The summed E-state index contributed by atoms with van der Waals surface area (Å²) in [5.74, 6) is 0.402. The average molecular weight is 288 g/mol. The Kier molecular flexibility index (Phi) is 3.67. The zero-order valence-electron chi connectivity index (χ0n) is 11.6. The van der Waals surface area contributed by atoms with Crippen LogP contribution in [-0.2, 0) is 12.8 Å². The molecule has 21 heavy (non-hydrogen) atoms. The van der Waals surface area contributed by atoms with Crippen LogP contribution in [0.25, 0.3) is 0 Å². The van der Waals surface area contributed by atoms with E-state index in [2.05, 4.69) is 30.8 Å². The zero-order chi connectivity index (χ0) is 14.7. The van der Waals surface area contributed by atoms with E-state index in [-0.39, 0.29) is 18.1 Å². The van der Waals surface area contributed by atoms with Crippen LogP contribution in [0.2, 0.25) is 0 Å². The van der Waals surface area contributed by atoms with Crippen LogP contribution in [0.15, 0.2) is 18.5 Å². The molecule has 3 rings (SSSR count). The molecule has 0 radical (unpaired) electrons. The lowest BCUT2D eigenvalue weighted by Crippen LogP contribution is -2.41. The van der Waals surface area contributed by atoms with Crippen molar-refractivity contribution in [2.45, 2.75) is 25.3 Å². The smallest absolute Gasteiger partial charge is 0.320 e. The molecule has 0 fully saturated rings. The highest BCUT2D eigenvalue weighted by Crippen LogP contribution is 2.18. The van der Waals surface area contributed by atoms with Gasteiger partial charge in [-0.3, -0.25) is 10.4 Å². The highest BCUT2D eigenvalue weighted by atomic mass is 16.5. The minimum absolute atomic E-state index is 0.0961. The van der Waals surface area contributed by atoms with Gasteiger partial charge in [-0.2, -0.15) is 10.1 Å². The summed E-state index contributed by atoms with van der Waals surface area (Å²) in [7, 11) is 1.48. The van der Waals surface area contributed by atoms with Crippen LogP contribution in [0.5, 0.6) is 6.01 Å². The SMILES string of the molecule is COc1nccc(NC(=O)N[C@@H]2CCc3[nH]ncc3C2)n1. The molecule has 2 amide bonds. The summed E-state index contributed by atoms with van der Waals surface area (Å²) in [4.78, 5) is 19.9. The highest BCUT2D eigenvalue weighted by Gasteiger charge is 2.21. The molecule has 8 heteroatoms. The van der Waals surface area contributed by atoms with E-state index < -0.39 is 0 Å². The maximum Gasteiger partial charge on any atom is 0.320 e. The molecule has 2 aromatic rings. The molecule has 2 aromatic heterocycles. The minimum Gasteiger partial charge on any atom is -0.467 e. The number of carbonyl (C=O) groups excluding carboxylic acids is 1. The number of anilines is 1. The Morgan fingerprint density at radius 1 is 1.52 bits per heavy atom. The lowest BCUT2D eigenvalue weighted by molar-refractivity contribution is 0.247. The lowest BCUT2D eigenvalue weighted by Gasteiger charge is -2.22. The molecule has 0 unspecified atom stereocenters. The zero-order valence-corrected chi connectivity index (χ0v) is 11.6. The predicted molar refractivity (Wildman–Crippen MR) is 75.1 cm³/mol. The van der Waals surface area contributed by atoms with Crippen molar-refractivity contribution in [1.29, 1.82) is 0 Å². The van der Waals surface area contributed by atoms with Crippen LogP contribution in [0.1, 0.15) is 17.7 Å². The van der Waals surface area contributed by atoms with Gasteiger partial charge in [-0.1, -0.05) is 0 Å². The largest absolute Gasteiger partial charge is 0.467 e. The number of rotatable bonds is 3. The number of aryl methyl sites for hydroxylation is 1. The number of nitrogens with one attached hydrogen (secondary N) is 3. The van der Waals surface area contributed by atoms with Gasteiger partial charge in [0.05, 0.1) is 13.3 Å². The van der Waals surface area contributed by atoms with E-state index >= 15 is 0 Å². The Morgan fingerprint density at radius 3 is 3.29 bits per heavy atom. The molecule has 0 saturated heterocycles. The topological polar surface area (TPSA) is 105 Å². The Bertz CT molecular complexity index is 641. The van der Waals surface area contributed by atoms with Crippen LogP contribution in [0.3, 0.4) is 0 Å². The number of H-pyrrole nitrogens is 1. The lowest BCUT2D eigenvalue weighted by atomic mass is 9.94. The minimum atomic E-state index is -0.285. The summed E-state index contributed by atoms with van der Waals surface area (Å²) in [5, 5.41) is 12.6. The van der Waals surface area contributed by atoms with E-state index in [1.807, 2.05) is 6.20 Å². The van der Waals surface area contributed by atoms with Crippen molar-refractivity contribution in [3.05, 3.63) is 29.7 Å². The van der Waals surface area contributed by atoms with Crippen molar-refractivity contribution in [1.82, 2.24) is 25.5 Å². The number of aromatic amines is 1. The Labute approximate surface area is 121 Å². The first-order valence-electron chi connectivity index (χ1n) is 6.70. The first kappa shape index (κ1) is 13.3. The van der Waals surface area contributed by atoms with Gasteiger partial charge in [0.25, 0.3) is 0 Å². The number of ether oxygens (including phenoxy) is 1. The van der Waals surface area contributed by atoms with Gasteiger partial charge in [0, 0.05) is 17.9 Å². The highest BCUT2D eigenvalue weighted by molar-refractivity contribution is 5.88. The maximum atomic E-state index is 12.0. The molecular formula is C13H16N6O2. The summed E-state index contributed by atoms with van der Waals surface area (Å²) in [5.41, 5.74) is 2.32. The summed E-state index contributed by atoms with van der Waals surface area (Å²) >= 11 is 0. The van der Waals surface area contributed by atoms with E-state index in [9.17, 15) is 4.79 Å². The van der Waals surface area contributed by atoms with Gasteiger partial charge in [-0.15, -0.1) is 0 Å². The fourth-order valence-corrected chi connectivity index (χ4v) is 2.39. The number of aromatic nitrogens is 4. The van der Waals surface area contributed by atoms with Crippen molar-refractivity contribution < 1.29 is 9.53 Å². The fraction of sp³-hybridized carbons (Fsp3) is 0.385. The molecule has 0 saturated carbocycles. The monoisotopic (exact) mass is 288 g/mol. The molecule has 0 spiro atoms. The molecule has 1 aliphatic rings. The normalized spacial score (nSPS) is 16.9. The standard InChI is InChI=1S/C13H16N6O2/c1-21-13-14-5-4-11(18-13)17-12(20)16-9-2-3-10-8(6-9)7-15-19-10/h4-5,7,9H,2-3,6H2,1H3,(H,15,19)(H2,14,16,17,18,20)/t9-/m1/s1. The molecule has 1 aliphatic carbocycles. The molecule has 8 nitrogen and oxygen atoms in total. The number of carbonyl (C=O) groups is 1. The van der Waals surface area contributed by atoms with Crippen LogP contribution in [0.4, 0.5) is 10.6 Å². The van der Waals surface area contributed by atoms with E-state index in [4.69, 9.17) is 4.74 Å². The summed E-state index contributed by atoms with van der Waals surface area (Å²) < 4.78 is 4.91. The van der Waals surface area contributed by atoms with Gasteiger partial charge < -0.3 is 10.1 Å². The second-order valence-electron chi connectivity index (χ2n) is 4.84. The van der Waals surface area contributed by atoms with Gasteiger partial charge in [-0.25, -0.2) is 9.78 Å². The first-order chi connectivity index (χ1) is 10.2. The average Bonchev–Trinajstić information content (AvgIpc) is 2.95. The van der Waals surface area contributed by atoms with Crippen LogP contribution in [0, 0.1) is 0 Å². The van der Waals surface area contributed by atoms with Crippen molar-refractivity contribution in [2.75, 3.05) is 12.4 Å².